The summed E-state index contributed by atoms with van der Waals surface area (Å²) in [6.07, 6.45) is 2.84. The number of nitrogens with zero attached hydrogens (tertiary/aromatic N) is 1. The highest BCUT2D eigenvalue weighted by Gasteiger charge is 2.39. The quantitative estimate of drug-likeness (QED) is 0.841. The van der Waals surface area contributed by atoms with Crippen LogP contribution >= 0.6 is 0 Å². The van der Waals surface area contributed by atoms with Crippen LogP contribution in [0.3, 0.4) is 0 Å². The molecule has 5 nitrogen and oxygen atoms in total. The standard InChI is InChI=1S/C15H22N2O3S/c1-11-2-5-14(8-15(11)16)21(18,19)17(13-3-4-13)9-12-6-7-20-10-12/h2,5,8,12-13H,3-4,6-7,9-10,16H2,1H3. The topological polar surface area (TPSA) is 72.6 Å². The second-order valence-corrected chi connectivity index (χ2v) is 7.94. The van der Waals surface area contributed by atoms with Gasteiger partial charge in [-0.05, 0) is 49.8 Å². The van der Waals surface area contributed by atoms with Crippen LogP contribution in [0, 0.1) is 12.8 Å². The van der Waals surface area contributed by atoms with Crippen molar-refractivity contribution in [2.24, 2.45) is 5.92 Å². The van der Waals surface area contributed by atoms with Crippen molar-refractivity contribution < 1.29 is 13.2 Å². The van der Waals surface area contributed by atoms with Crippen LogP contribution in [0.4, 0.5) is 5.69 Å². The highest BCUT2D eigenvalue weighted by atomic mass is 32.2. The summed E-state index contributed by atoms with van der Waals surface area (Å²) in [5.41, 5.74) is 7.29. The van der Waals surface area contributed by atoms with E-state index < -0.39 is 10.0 Å². The molecule has 0 spiro atoms. The van der Waals surface area contributed by atoms with Crippen molar-refractivity contribution in [1.82, 2.24) is 4.31 Å². The van der Waals surface area contributed by atoms with Crippen LogP contribution < -0.4 is 5.73 Å². The van der Waals surface area contributed by atoms with Gasteiger partial charge in [0.1, 0.15) is 0 Å². The average Bonchev–Trinajstić information content (AvgIpc) is 3.15. The van der Waals surface area contributed by atoms with Gasteiger partial charge in [0, 0.05) is 24.9 Å². The molecule has 1 aliphatic heterocycles. The molecule has 0 radical (unpaired) electrons. The maximum Gasteiger partial charge on any atom is 0.243 e. The number of aryl methyl sites for hydroxylation is 1. The molecule has 1 aliphatic carbocycles. The van der Waals surface area contributed by atoms with Crippen LogP contribution in [0.1, 0.15) is 24.8 Å². The number of nitrogens with two attached hydrogens (primary N) is 1. The lowest BCUT2D eigenvalue weighted by Crippen LogP contribution is -2.37. The molecule has 6 heteroatoms. The summed E-state index contributed by atoms with van der Waals surface area (Å²) >= 11 is 0. The summed E-state index contributed by atoms with van der Waals surface area (Å²) in [4.78, 5) is 0.302. The van der Waals surface area contributed by atoms with Gasteiger partial charge in [0.2, 0.25) is 10.0 Å². The van der Waals surface area contributed by atoms with Gasteiger partial charge in [-0.1, -0.05) is 6.07 Å². The van der Waals surface area contributed by atoms with Crippen molar-refractivity contribution in [2.45, 2.75) is 37.1 Å². The normalized spacial score (nSPS) is 22.9. The maximum atomic E-state index is 12.9. The van der Waals surface area contributed by atoms with E-state index in [9.17, 15) is 8.42 Å². The number of anilines is 1. The Morgan fingerprint density at radius 2 is 2.10 bits per heavy atom. The molecule has 1 saturated heterocycles. The second kappa shape index (κ2) is 5.59. The summed E-state index contributed by atoms with van der Waals surface area (Å²) in [5, 5.41) is 0. The first-order chi connectivity index (χ1) is 9.98. The minimum Gasteiger partial charge on any atom is -0.398 e. The van der Waals surface area contributed by atoms with Crippen molar-refractivity contribution in [1.29, 1.82) is 0 Å². The zero-order chi connectivity index (χ0) is 15.0. The molecule has 2 fully saturated rings. The van der Waals surface area contributed by atoms with E-state index in [4.69, 9.17) is 10.5 Å². The first-order valence-corrected chi connectivity index (χ1v) is 8.88. The van der Waals surface area contributed by atoms with Gasteiger partial charge in [-0.3, -0.25) is 0 Å². The second-order valence-electron chi connectivity index (χ2n) is 6.05. The molecule has 21 heavy (non-hydrogen) atoms. The zero-order valence-corrected chi connectivity index (χ0v) is 13.1. The fourth-order valence-corrected chi connectivity index (χ4v) is 4.50. The van der Waals surface area contributed by atoms with Crippen LogP contribution in [0.25, 0.3) is 0 Å². The van der Waals surface area contributed by atoms with Crippen LogP contribution in [-0.2, 0) is 14.8 Å². The van der Waals surface area contributed by atoms with E-state index in [-0.39, 0.29) is 6.04 Å². The highest BCUT2D eigenvalue weighted by molar-refractivity contribution is 7.89. The lowest BCUT2D eigenvalue weighted by atomic mass is 10.1. The van der Waals surface area contributed by atoms with Gasteiger partial charge in [-0.2, -0.15) is 4.31 Å². The molecule has 1 unspecified atom stereocenters. The monoisotopic (exact) mass is 310 g/mol. The number of ether oxygens (including phenoxy) is 1. The van der Waals surface area contributed by atoms with Gasteiger partial charge >= 0.3 is 0 Å². The number of hydrogen-bond acceptors (Lipinski definition) is 4. The molecule has 0 aromatic heterocycles. The Kier molecular flexibility index (Phi) is 3.94. The van der Waals surface area contributed by atoms with Crippen LogP contribution in [0.5, 0.6) is 0 Å². The smallest absolute Gasteiger partial charge is 0.243 e. The van der Waals surface area contributed by atoms with Crippen molar-refractivity contribution in [3.05, 3.63) is 23.8 Å². The molecular weight excluding hydrogens is 288 g/mol. The molecule has 2 N–H and O–H groups in total. The molecule has 1 atom stereocenters. The third-order valence-electron chi connectivity index (χ3n) is 4.27. The summed E-state index contributed by atoms with van der Waals surface area (Å²) in [6.45, 7) is 3.83. The van der Waals surface area contributed by atoms with Crippen LogP contribution in [0.15, 0.2) is 23.1 Å². The molecule has 1 aromatic carbocycles. The number of nitrogen functional groups attached to an aromatic ring is 1. The number of rotatable bonds is 5. The van der Waals surface area contributed by atoms with Gasteiger partial charge < -0.3 is 10.5 Å². The Morgan fingerprint density at radius 3 is 2.67 bits per heavy atom. The largest absolute Gasteiger partial charge is 0.398 e. The first-order valence-electron chi connectivity index (χ1n) is 7.44. The Morgan fingerprint density at radius 1 is 1.33 bits per heavy atom. The summed E-state index contributed by atoms with van der Waals surface area (Å²) < 4.78 is 32.8. The van der Waals surface area contributed by atoms with E-state index in [2.05, 4.69) is 0 Å². The lowest BCUT2D eigenvalue weighted by molar-refractivity contribution is 0.180. The van der Waals surface area contributed by atoms with E-state index in [1.165, 1.54) is 0 Å². The molecule has 0 bridgehead atoms. The van der Waals surface area contributed by atoms with E-state index in [1.807, 2.05) is 6.92 Å². The van der Waals surface area contributed by atoms with Crippen molar-refractivity contribution in [3.63, 3.8) is 0 Å². The predicted molar refractivity (Wildman–Crippen MR) is 81.4 cm³/mol. The van der Waals surface area contributed by atoms with Crippen molar-refractivity contribution >= 4 is 15.7 Å². The lowest BCUT2D eigenvalue weighted by Gasteiger charge is -2.24. The molecule has 1 saturated carbocycles. The van der Waals surface area contributed by atoms with Gasteiger partial charge in [0.25, 0.3) is 0 Å². The van der Waals surface area contributed by atoms with Crippen LogP contribution in [0.2, 0.25) is 0 Å². The minimum absolute atomic E-state index is 0.151. The number of benzene rings is 1. The molecule has 116 valence electrons. The summed E-state index contributed by atoms with van der Waals surface area (Å²) in [5.74, 6) is 0.308. The Bertz CT molecular complexity index is 620. The van der Waals surface area contributed by atoms with E-state index in [1.54, 1.807) is 22.5 Å². The van der Waals surface area contributed by atoms with Gasteiger partial charge in [0.05, 0.1) is 11.5 Å². The van der Waals surface area contributed by atoms with E-state index in [0.29, 0.717) is 29.7 Å². The third kappa shape index (κ3) is 3.07. The minimum atomic E-state index is -3.47. The fourth-order valence-electron chi connectivity index (χ4n) is 2.70. The van der Waals surface area contributed by atoms with Gasteiger partial charge in [0.15, 0.2) is 0 Å². The molecule has 3 rings (SSSR count). The Balaban J connectivity index is 1.87. The van der Waals surface area contributed by atoms with E-state index >= 15 is 0 Å². The maximum absolute atomic E-state index is 12.9. The molecule has 2 aliphatic rings. The molecule has 0 amide bonds. The van der Waals surface area contributed by atoms with E-state index in [0.717, 1.165) is 31.4 Å². The van der Waals surface area contributed by atoms with Crippen molar-refractivity contribution in [3.8, 4) is 0 Å². The molecular formula is C15H22N2O3S. The Hall–Kier alpha value is -1.11. The fraction of sp³-hybridized carbons (Fsp3) is 0.600. The van der Waals surface area contributed by atoms with Crippen molar-refractivity contribution in [2.75, 3.05) is 25.5 Å². The van der Waals surface area contributed by atoms with Gasteiger partial charge in [-0.25, -0.2) is 8.42 Å². The average molecular weight is 310 g/mol. The highest BCUT2D eigenvalue weighted by Crippen LogP contribution is 2.34. The Labute approximate surface area is 126 Å². The zero-order valence-electron chi connectivity index (χ0n) is 12.3. The first kappa shape index (κ1) is 14.8. The van der Waals surface area contributed by atoms with Crippen LogP contribution in [-0.4, -0.2) is 38.5 Å². The number of sulfonamides is 1. The molecule has 1 heterocycles. The number of hydrogen-bond donors (Lipinski definition) is 1. The summed E-state index contributed by atoms with van der Waals surface area (Å²) in [7, 11) is -3.47. The third-order valence-corrected chi connectivity index (χ3v) is 6.19. The molecule has 1 aromatic rings. The predicted octanol–water partition coefficient (Wildman–Crippen LogP) is 1.77. The SMILES string of the molecule is Cc1ccc(S(=O)(=O)N(CC2CCOC2)C2CC2)cc1N. The van der Waals surface area contributed by atoms with Gasteiger partial charge in [-0.15, -0.1) is 0 Å². The summed E-state index contributed by atoms with van der Waals surface area (Å²) in [6, 6.07) is 5.15.